The average Bonchev–Trinajstić information content (AvgIpc) is 3.34. The van der Waals surface area contributed by atoms with Crippen LogP contribution in [0.3, 0.4) is 0 Å². The first kappa shape index (κ1) is 25.5. The van der Waals surface area contributed by atoms with Gasteiger partial charge in [-0.1, -0.05) is 44.7 Å². The molecule has 172 valence electrons. The summed E-state index contributed by atoms with van der Waals surface area (Å²) in [4.78, 5) is 21.6. The number of thioether (sulfide) groups is 1. The number of nitrogens with one attached hydrogen (secondary N) is 1. The van der Waals surface area contributed by atoms with Crippen LogP contribution in [0.2, 0.25) is 0 Å². The topological polar surface area (TPSA) is 85.3 Å². The van der Waals surface area contributed by atoms with E-state index in [-0.39, 0.29) is 17.9 Å². The van der Waals surface area contributed by atoms with Crippen LogP contribution in [-0.2, 0) is 4.79 Å². The second kappa shape index (κ2) is 12.3. The average molecular weight is 454 g/mol. The third kappa shape index (κ3) is 6.60. The maximum atomic E-state index is 12.9. The number of hydrogen-bond acceptors (Lipinski definition) is 6. The van der Waals surface area contributed by atoms with E-state index in [1.807, 2.05) is 68.0 Å². The Hall–Kier alpha value is -2.80. The molecule has 0 aliphatic carbocycles. The van der Waals surface area contributed by atoms with E-state index in [1.165, 1.54) is 0 Å². The van der Waals surface area contributed by atoms with Crippen molar-refractivity contribution >= 4 is 28.4 Å². The molecular formula is C25H35N5OS. The van der Waals surface area contributed by atoms with Crippen molar-refractivity contribution in [3.8, 4) is 5.69 Å². The van der Waals surface area contributed by atoms with Gasteiger partial charge in [0.25, 0.3) is 0 Å². The molecule has 6 nitrogen and oxygen atoms in total. The van der Waals surface area contributed by atoms with Crippen LogP contribution in [0.15, 0.2) is 71.3 Å². The molecule has 3 rings (SSSR count). The van der Waals surface area contributed by atoms with Gasteiger partial charge in [0.1, 0.15) is 0 Å². The first-order valence-corrected chi connectivity index (χ1v) is 12.1. The largest absolute Gasteiger partial charge is 0.379 e. The number of carbonyl (C=O) groups excluding carboxylic acids is 1. The number of aliphatic imine (C=N–C) groups is 1. The highest BCUT2D eigenvalue weighted by Crippen LogP contribution is 2.34. The molecule has 2 heterocycles. The van der Waals surface area contributed by atoms with Crippen molar-refractivity contribution in [3.63, 3.8) is 0 Å². The second-order valence-corrected chi connectivity index (χ2v) is 8.50. The van der Waals surface area contributed by atoms with Gasteiger partial charge in [0.05, 0.1) is 18.4 Å². The minimum absolute atomic E-state index is 0.0490. The van der Waals surface area contributed by atoms with Gasteiger partial charge in [0.15, 0.2) is 11.0 Å². The summed E-state index contributed by atoms with van der Waals surface area (Å²) in [5.41, 5.74) is 9.38. The highest BCUT2D eigenvalue weighted by atomic mass is 32.2. The highest BCUT2D eigenvalue weighted by molar-refractivity contribution is 8.13. The number of ketones is 1. The van der Waals surface area contributed by atoms with Crippen LogP contribution in [0, 0.1) is 0 Å². The molecule has 3 N–H and O–H groups in total. The van der Waals surface area contributed by atoms with E-state index < -0.39 is 0 Å². The van der Waals surface area contributed by atoms with Gasteiger partial charge in [-0.15, -0.1) is 0 Å². The Balaban J connectivity index is 0.00000176. The van der Waals surface area contributed by atoms with E-state index in [0.29, 0.717) is 10.7 Å². The Labute approximate surface area is 196 Å². The molecular weight excluding hydrogens is 418 g/mol. The Kier molecular flexibility index (Phi) is 9.78. The molecule has 32 heavy (non-hydrogen) atoms. The first-order valence-electron chi connectivity index (χ1n) is 11.2. The Bertz CT molecular complexity index is 961. The predicted octanol–water partition coefficient (Wildman–Crippen LogP) is 5.37. The van der Waals surface area contributed by atoms with Gasteiger partial charge in [-0.25, -0.2) is 4.98 Å². The summed E-state index contributed by atoms with van der Waals surface area (Å²) in [6.45, 7) is 10.3. The zero-order valence-electron chi connectivity index (χ0n) is 19.8. The van der Waals surface area contributed by atoms with Crippen molar-refractivity contribution in [2.24, 2.45) is 10.7 Å². The summed E-state index contributed by atoms with van der Waals surface area (Å²) in [6.07, 6.45) is 11.0. The summed E-state index contributed by atoms with van der Waals surface area (Å²) in [5, 5.41) is 3.85. The molecule has 0 saturated heterocycles. The SMILES string of the molecule is C/C=C(\C=C(/CC)C1(C)CCSC(N)=N1)C(=O)CNc1ccc(-n2ccnc2)cc1.CC. The quantitative estimate of drug-likeness (QED) is 0.414. The van der Waals surface area contributed by atoms with Crippen LogP contribution in [0.1, 0.15) is 47.5 Å². The Morgan fingerprint density at radius 2 is 2.03 bits per heavy atom. The summed E-state index contributed by atoms with van der Waals surface area (Å²) < 4.78 is 1.93. The second-order valence-electron chi connectivity index (χ2n) is 7.38. The van der Waals surface area contributed by atoms with Crippen molar-refractivity contribution < 1.29 is 4.79 Å². The third-order valence-electron chi connectivity index (χ3n) is 5.35. The van der Waals surface area contributed by atoms with E-state index in [4.69, 9.17) is 5.73 Å². The number of aromatic nitrogens is 2. The van der Waals surface area contributed by atoms with E-state index in [9.17, 15) is 4.79 Å². The molecule has 0 radical (unpaired) electrons. The van der Waals surface area contributed by atoms with Crippen LogP contribution in [0.5, 0.6) is 0 Å². The van der Waals surface area contributed by atoms with Gasteiger partial charge in [-0.05, 0) is 56.5 Å². The van der Waals surface area contributed by atoms with Gasteiger partial charge in [-0.3, -0.25) is 9.79 Å². The number of rotatable bonds is 8. The summed E-state index contributed by atoms with van der Waals surface area (Å²) >= 11 is 1.59. The standard InChI is InChI=1S/C23H29N5OS.C2H6/c1-4-17(14-18(5-2)23(3)10-13-30-22(24)27-23)21(29)15-26-19-6-8-20(9-7-19)28-12-11-25-16-28;1-2/h4,6-9,11-12,14,16,26H,5,10,13,15H2,1-3H3,(H2,24,27);1-2H3/b17-4+,18-14+;. The number of carbonyl (C=O) groups is 1. The minimum atomic E-state index is -0.338. The number of anilines is 1. The molecule has 1 aliphatic rings. The number of benzene rings is 1. The lowest BCUT2D eigenvalue weighted by Crippen LogP contribution is -2.33. The highest BCUT2D eigenvalue weighted by Gasteiger charge is 2.30. The number of nitrogens with two attached hydrogens (primary N) is 1. The fourth-order valence-corrected chi connectivity index (χ4v) is 4.49. The van der Waals surface area contributed by atoms with Crippen LogP contribution in [0.4, 0.5) is 5.69 Å². The number of imidazole rings is 1. The molecule has 0 amide bonds. The van der Waals surface area contributed by atoms with E-state index >= 15 is 0 Å². The summed E-state index contributed by atoms with van der Waals surface area (Å²) in [5.74, 6) is 0.992. The zero-order valence-corrected chi connectivity index (χ0v) is 20.6. The molecule has 1 aromatic carbocycles. The van der Waals surface area contributed by atoms with Crippen molar-refractivity contribution in [2.75, 3.05) is 17.6 Å². The number of amidine groups is 1. The van der Waals surface area contributed by atoms with Crippen molar-refractivity contribution in [2.45, 2.75) is 53.0 Å². The molecule has 1 aliphatic heterocycles. The number of hydrogen-bond donors (Lipinski definition) is 2. The number of nitrogens with zero attached hydrogens (tertiary/aromatic N) is 3. The molecule has 0 spiro atoms. The van der Waals surface area contributed by atoms with Crippen molar-refractivity contribution in [1.82, 2.24) is 9.55 Å². The molecule has 7 heteroatoms. The minimum Gasteiger partial charge on any atom is -0.379 e. The fraction of sp³-hybridized carbons (Fsp3) is 0.400. The normalized spacial score (nSPS) is 19.0. The number of Topliss-reactive ketones (excluding diaryl/α,β-unsaturated/α-hetero) is 1. The van der Waals surface area contributed by atoms with Gasteiger partial charge in [0, 0.05) is 35.1 Å². The van der Waals surface area contributed by atoms with Crippen molar-refractivity contribution in [1.29, 1.82) is 0 Å². The Morgan fingerprint density at radius 3 is 2.59 bits per heavy atom. The Morgan fingerprint density at radius 1 is 1.31 bits per heavy atom. The summed E-state index contributed by atoms with van der Waals surface area (Å²) in [6, 6.07) is 7.90. The lowest BCUT2D eigenvalue weighted by Gasteiger charge is -2.32. The maximum absolute atomic E-state index is 12.9. The third-order valence-corrected chi connectivity index (χ3v) is 6.15. The van der Waals surface area contributed by atoms with Crippen LogP contribution in [0.25, 0.3) is 5.69 Å². The smallest absolute Gasteiger partial charge is 0.181 e. The molecule has 1 aromatic heterocycles. The van der Waals surface area contributed by atoms with E-state index in [0.717, 1.165) is 35.5 Å². The van der Waals surface area contributed by atoms with Crippen LogP contribution < -0.4 is 11.1 Å². The van der Waals surface area contributed by atoms with E-state index in [1.54, 1.807) is 24.3 Å². The predicted molar refractivity (Wildman–Crippen MR) is 138 cm³/mol. The van der Waals surface area contributed by atoms with Gasteiger partial charge in [-0.2, -0.15) is 0 Å². The van der Waals surface area contributed by atoms with Gasteiger partial charge >= 0.3 is 0 Å². The molecule has 0 saturated carbocycles. The fourth-order valence-electron chi connectivity index (χ4n) is 3.52. The number of allylic oxidation sites excluding steroid dienone is 2. The van der Waals surface area contributed by atoms with Crippen molar-refractivity contribution in [3.05, 3.63) is 66.3 Å². The van der Waals surface area contributed by atoms with E-state index in [2.05, 4.69) is 29.1 Å². The zero-order chi connectivity index (χ0) is 23.6. The summed E-state index contributed by atoms with van der Waals surface area (Å²) in [7, 11) is 0. The van der Waals surface area contributed by atoms with Crippen LogP contribution >= 0.6 is 11.8 Å². The van der Waals surface area contributed by atoms with Crippen LogP contribution in [-0.4, -0.2) is 38.3 Å². The maximum Gasteiger partial charge on any atom is 0.181 e. The molecule has 1 atom stereocenters. The lowest BCUT2D eigenvalue weighted by atomic mass is 9.86. The molecule has 1 unspecified atom stereocenters. The van der Waals surface area contributed by atoms with Gasteiger partial charge in [0.2, 0.25) is 0 Å². The first-order chi connectivity index (χ1) is 15.4. The molecule has 0 fully saturated rings. The van der Waals surface area contributed by atoms with Gasteiger partial charge < -0.3 is 15.6 Å². The molecule has 2 aromatic rings. The lowest BCUT2D eigenvalue weighted by molar-refractivity contribution is -0.113. The molecule has 0 bridgehead atoms. The monoisotopic (exact) mass is 453 g/mol.